The zero-order valence-corrected chi connectivity index (χ0v) is 10.7. The second kappa shape index (κ2) is 7.57. The number of hydrogen-bond donors (Lipinski definition) is 1. The summed E-state index contributed by atoms with van der Waals surface area (Å²) in [6.07, 6.45) is 3.81. The van der Waals surface area contributed by atoms with Crippen LogP contribution in [0.2, 0.25) is 0 Å². The van der Waals surface area contributed by atoms with Gasteiger partial charge in [0.25, 0.3) is 0 Å². The van der Waals surface area contributed by atoms with E-state index in [1.807, 2.05) is 11.6 Å². The second-order valence-electron chi connectivity index (χ2n) is 3.62. The first kappa shape index (κ1) is 14.3. The molecule has 0 bridgehead atoms. The normalized spacial score (nSPS) is 9.80. The molecule has 1 aromatic heterocycles. The van der Waals surface area contributed by atoms with Crippen LogP contribution in [0.15, 0.2) is 6.07 Å². The topological polar surface area (TPSA) is 29.9 Å². The predicted octanol–water partition coefficient (Wildman–Crippen LogP) is 3.24. The Morgan fingerprint density at radius 1 is 1.33 bits per heavy atom. The molecule has 1 aromatic rings. The summed E-state index contributed by atoms with van der Waals surface area (Å²) in [5.74, 6) is 1.15. The number of halogens is 1. The van der Waals surface area contributed by atoms with Gasteiger partial charge in [-0.25, -0.2) is 4.68 Å². The summed E-state index contributed by atoms with van der Waals surface area (Å²) in [6.45, 7) is 8.36. The fraction of sp³-hybridized carbons (Fsp3) is 0.727. The summed E-state index contributed by atoms with van der Waals surface area (Å²) >= 11 is 0. The summed E-state index contributed by atoms with van der Waals surface area (Å²) in [5.41, 5.74) is 1.09. The van der Waals surface area contributed by atoms with E-state index in [1.54, 1.807) is 0 Å². The molecule has 0 atom stereocenters. The highest BCUT2D eigenvalue weighted by Gasteiger charge is 2.01. The van der Waals surface area contributed by atoms with Crippen molar-refractivity contribution in [1.29, 1.82) is 0 Å². The van der Waals surface area contributed by atoms with Gasteiger partial charge in [-0.1, -0.05) is 19.8 Å². The highest BCUT2D eigenvalue weighted by atomic mass is 35.5. The molecule has 0 amide bonds. The maximum Gasteiger partial charge on any atom is 0.124 e. The maximum atomic E-state index is 4.38. The van der Waals surface area contributed by atoms with Crippen LogP contribution in [-0.4, -0.2) is 16.3 Å². The first-order valence-corrected chi connectivity index (χ1v) is 5.56. The van der Waals surface area contributed by atoms with Crippen LogP contribution in [0.5, 0.6) is 0 Å². The molecule has 15 heavy (non-hydrogen) atoms. The molecule has 3 nitrogen and oxygen atoms in total. The lowest BCUT2D eigenvalue weighted by Gasteiger charge is -2.06. The van der Waals surface area contributed by atoms with Crippen molar-refractivity contribution in [3.05, 3.63) is 11.8 Å². The van der Waals surface area contributed by atoms with Gasteiger partial charge in [-0.3, -0.25) is 0 Å². The van der Waals surface area contributed by atoms with Crippen molar-refractivity contribution in [3.8, 4) is 0 Å². The standard InChI is InChI=1S/C11H21N3.ClH/c1-4-6-7-8-12-11-9-10(3)13-14(11)5-2;/h9,12H,4-8H2,1-3H3;1H. The average molecular weight is 232 g/mol. The summed E-state index contributed by atoms with van der Waals surface area (Å²) in [7, 11) is 0. The smallest absolute Gasteiger partial charge is 0.124 e. The number of unbranched alkanes of at least 4 members (excludes halogenated alkanes) is 2. The van der Waals surface area contributed by atoms with Crippen LogP contribution >= 0.6 is 12.4 Å². The zero-order chi connectivity index (χ0) is 10.4. The van der Waals surface area contributed by atoms with Crippen molar-refractivity contribution in [2.45, 2.75) is 46.6 Å². The quantitative estimate of drug-likeness (QED) is 0.762. The number of aryl methyl sites for hydroxylation is 2. The number of hydrogen-bond acceptors (Lipinski definition) is 2. The minimum atomic E-state index is 0. The van der Waals surface area contributed by atoms with Crippen molar-refractivity contribution in [2.75, 3.05) is 11.9 Å². The molecule has 0 spiro atoms. The van der Waals surface area contributed by atoms with Crippen LogP contribution in [0, 0.1) is 6.92 Å². The van der Waals surface area contributed by atoms with Gasteiger partial charge in [0.05, 0.1) is 5.69 Å². The molecule has 0 aromatic carbocycles. The Labute approximate surface area is 98.7 Å². The molecule has 1 N–H and O–H groups in total. The van der Waals surface area contributed by atoms with Gasteiger partial charge in [-0.2, -0.15) is 5.10 Å². The van der Waals surface area contributed by atoms with Gasteiger partial charge < -0.3 is 5.32 Å². The summed E-state index contributed by atoms with van der Waals surface area (Å²) < 4.78 is 2.02. The van der Waals surface area contributed by atoms with Crippen molar-refractivity contribution in [3.63, 3.8) is 0 Å². The minimum absolute atomic E-state index is 0. The van der Waals surface area contributed by atoms with E-state index in [-0.39, 0.29) is 12.4 Å². The third-order valence-electron chi connectivity index (χ3n) is 2.29. The highest BCUT2D eigenvalue weighted by Crippen LogP contribution is 2.09. The first-order valence-electron chi connectivity index (χ1n) is 5.56. The molecule has 0 saturated carbocycles. The highest BCUT2D eigenvalue weighted by molar-refractivity contribution is 5.85. The fourth-order valence-electron chi connectivity index (χ4n) is 1.52. The molecule has 0 aliphatic rings. The van der Waals surface area contributed by atoms with E-state index in [4.69, 9.17) is 0 Å². The van der Waals surface area contributed by atoms with Gasteiger partial charge in [-0.15, -0.1) is 12.4 Å². The third-order valence-corrected chi connectivity index (χ3v) is 2.29. The molecular weight excluding hydrogens is 210 g/mol. The van der Waals surface area contributed by atoms with E-state index in [0.29, 0.717) is 0 Å². The lowest BCUT2D eigenvalue weighted by atomic mass is 10.2. The molecular formula is C11H22ClN3. The van der Waals surface area contributed by atoms with Gasteiger partial charge >= 0.3 is 0 Å². The van der Waals surface area contributed by atoms with Crippen LogP contribution in [0.1, 0.15) is 38.8 Å². The van der Waals surface area contributed by atoms with Gasteiger partial charge in [-0.05, 0) is 20.3 Å². The van der Waals surface area contributed by atoms with Crippen molar-refractivity contribution >= 4 is 18.2 Å². The third kappa shape index (κ3) is 4.56. The zero-order valence-electron chi connectivity index (χ0n) is 9.92. The van der Waals surface area contributed by atoms with Gasteiger partial charge in [0.1, 0.15) is 5.82 Å². The van der Waals surface area contributed by atoms with E-state index in [2.05, 4.69) is 30.3 Å². The molecule has 1 heterocycles. The van der Waals surface area contributed by atoms with E-state index < -0.39 is 0 Å². The monoisotopic (exact) mass is 231 g/mol. The Bertz CT molecular complexity index is 271. The fourth-order valence-corrected chi connectivity index (χ4v) is 1.52. The van der Waals surface area contributed by atoms with Gasteiger partial charge in [0.15, 0.2) is 0 Å². The number of nitrogens with zero attached hydrogens (tertiary/aromatic N) is 2. The van der Waals surface area contributed by atoms with Crippen LogP contribution in [0.25, 0.3) is 0 Å². The summed E-state index contributed by atoms with van der Waals surface area (Å²) in [4.78, 5) is 0. The molecule has 0 radical (unpaired) electrons. The van der Waals surface area contributed by atoms with E-state index in [0.717, 1.165) is 24.6 Å². The van der Waals surface area contributed by atoms with Crippen molar-refractivity contribution in [1.82, 2.24) is 9.78 Å². The van der Waals surface area contributed by atoms with Gasteiger partial charge in [0.2, 0.25) is 0 Å². The van der Waals surface area contributed by atoms with Gasteiger partial charge in [0, 0.05) is 19.2 Å². The van der Waals surface area contributed by atoms with Crippen LogP contribution in [-0.2, 0) is 6.54 Å². The maximum absolute atomic E-state index is 4.38. The average Bonchev–Trinajstić information content (AvgIpc) is 2.54. The largest absolute Gasteiger partial charge is 0.370 e. The Kier molecular flexibility index (Phi) is 7.22. The lowest BCUT2D eigenvalue weighted by molar-refractivity contribution is 0.653. The van der Waals surface area contributed by atoms with E-state index in [1.165, 1.54) is 19.3 Å². The van der Waals surface area contributed by atoms with Crippen LogP contribution in [0.3, 0.4) is 0 Å². The van der Waals surface area contributed by atoms with E-state index >= 15 is 0 Å². The van der Waals surface area contributed by atoms with Crippen molar-refractivity contribution in [2.24, 2.45) is 0 Å². The number of rotatable bonds is 6. The number of aromatic nitrogens is 2. The number of nitrogens with one attached hydrogen (secondary N) is 1. The summed E-state index contributed by atoms with van der Waals surface area (Å²) in [5, 5.41) is 7.80. The Balaban J connectivity index is 0.00000196. The Morgan fingerprint density at radius 2 is 2.07 bits per heavy atom. The number of anilines is 1. The first-order chi connectivity index (χ1) is 6.77. The minimum Gasteiger partial charge on any atom is -0.370 e. The van der Waals surface area contributed by atoms with E-state index in [9.17, 15) is 0 Å². The molecule has 1 rings (SSSR count). The molecule has 0 aliphatic heterocycles. The second-order valence-corrected chi connectivity index (χ2v) is 3.62. The predicted molar refractivity (Wildman–Crippen MR) is 67.9 cm³/mol. The van der Waals surface area contributed by atoms with Crippen LogP contribution in [0.4, 0.5) is 5.82 Å². The molecule has 0 fully saturated rings. The molecule has 0 unspecified atom stereocenters. The summed E-state index contributed by atoms with van der Waals surface area (Å²) in [6, 6.07) is 2.11. The van der Waals surface area contributed by atoms with Crippen LogP contribution < -0.4 is 5.32 Å². The SMILES string of the molecule is CCCCCNc1cc(C)nn1CC.Cl. The van der Waals surface area contributed by atoms with Crippen molar-refractivity contribution < 1.29 is 0 Å². The molecule has 0 saturated heterocycles. The molecule has 0 aliphatic carbocycles. The lowest BCUT2D eigenvalue weighted by Crippen LogP contribution is -2.07. The molecule has 88 valence electrons. The Morgan fingerprint density at radius 3 is 2.67 bits per heavy atom. The molecule has 4 heteroatoms. The Hall–Kier alpha value is -0.700.